The van der Waals surface area contributed by atoms with Crippen molar-refractivity contribution in [3.05, 3.63) is 36.2 Å². The number of anilines is 1. The Morgan fingerprint density at radius 3 is 2.75 bits per heavy atom. The average Bonchev–Trinajstić information content (AvgIpc) is 2.43. The quantitative estimate of drug-likeness (QED) is 0.834. The summed E-state index contributed by atoms with van der Waals surface area (Å²) in [5, 5.41) is 2.91. The van der Waals surface area contributed by atoms with Crippen LogP contribution in [0.2, 0.25) is 0 Å². The fourth-order valence-electron chi connectivity index (χ4n) is 4.23. The number of hydrogen-bond donors (Lipinski definition) is 1. The lowest BCUT2D eigenvalue weighted by Crippen LogP contribution is -2.54. The zero-order valence-corrected chi connectivity index (χ0v) is 11.5. The largest absolute Gasteiger partial charge is 0.321 e. The van der Waals surface area contributed by atoms with Crippen LogP contribution in [0.25, 0.3) is 0 Å². The lowest BCUT2D eigenvalue weighted by atomic mass is 9.65. The summed E-state index contributed by atoms with van der Waals surface area (Å²) in [6.07, 6.45) is 7.80. The molecular formula is C16H19N3O. The molecule has 1 aromatic heterocycles. The third-order valence-electron chi connectivity index (χ3n) is 4.88. The molecule has 2 atom stereocenters. The second-order valence-electron chi connectivity index (χ2n) is 6.33. The van der Waals surface area contributed by atoms with Crippen LogP contribution in [0.1, 0.15) is 12.8 Å². The topological polar surface area (TPSA) is 45.2 Å². The van der Waals surface area contributed by atoms with E-state index >= 15 is 0 Å². The van der Waals surface area contributed by atoms with Gasteiger partial charge in [-0.15, -0.1) is 0 Å². The Kier molecular flexibility index (Phi) is 2.84. The maximum atomic E-state index is 12.2. The maximum Gasteiger partial charge on any atom is 0.248 e. The van der Waals surface area contributed by atoms with E-state index < -0.39 is 0 Å². The minimum atomic E-state index is -0.00419. The number of carbonyl (C=O) groups is 1. The monoisotopic (exact) mass is 269 g/mol. The Hall–Kier alpha value is -1.68. The summed E-state index contributed by atoms with van der Waals surface area (Å²) >= 11 is 0. The third kappa shape index (κ3) is 2.14. The zero-order chi connectivity index (χ0) is 13.5. The summed E-state index contributed by atoms with van der Waals surface area (Å²) in [4.78, 5) is 18.8. The van der Waals surface area contributed by atoms with Crippen molar-refractivity contribution in [2.75, 3.05) is 25.0 Å². The number of pyridine rings is 1. The van der Waals surface area contributed by atoms with Crippen LogP contribution in [0, 0.1) is 17.8 Å². The molecule has 4 heterocycles. The van der Waals surface area contributed by atoms with Crippen LogP contribution in [0.4, 0.5) is 5.69 Å². The van der Waals surface area contributed by atoms with Gasteiger partial charge in [0.25, 0.3) is 0 Å². The Bertz CT molecular complexity index is 522. The van der Waals surface area contributed by atoms with E-state index in [1.165, 1.54) is 25.0 Å². The van der Waals surface area contributed by atoms with Crippen LogP contribution >= 0.6 is 0 Å². The van der Waals surface area contributed by atoms with Gasteiger partial charge in [0.1, 0.15) is 0 Å². The molecule has 2 unspecified atom stereocenters. The number of hydrogen-bond acceptors (Lipinski definition) is 3. The lowest BCUT2D eigenvalue weighted by Gasteiger charge is -2.53. The molecule has 1 amide bonds. The van der Waals surface area contributed by atoms with Crippen molar-refractivity contribution < 1.29 is 4.79 Å². The van der Waals surface area contributed by atoms with Crippen molar-refractivity contribution in [1.29, 1.82) is 0 Å². The van der Waals surface area contributed by atoms with Gasteiger partial charge in [0, 0.05) is 31.9 Å². The molecule has 3 aliphatic heterocycles. The van der Waals surface area contributed by atoms with Gasteiger partial charge >= 0.3 is 0 Å². The Balaban J connectivity index is 1.51. The van der Waals surface area contributed by atoms with Crippen molar-refractivity contribution in [3.8, 4) is 0 Å². The van der Waals surface area contributed by atoms with E-state index in [-0.39, 0.29) is 5.91 Å². The van der Waals surface area contributed by atoms with E-state index in [0.717, 1.165) is 24.7 Å². The van der Waals surface area contributed by atoms with Gasteiger partial charge in [0.15, 0.2) is 0 Å². The first kappa shape index (κ1) is 12.1. The van der Waals surface area contributed by atoms with Crippen LogP contribution in [0.3, 0.4) is 0 Å². The highest BCUT2D eigenvalue weighted by Crippen LogP contribution is 2.46. The van der Waals surface area contributed by atoms with Gasteiger partial charge in [-0.2, -0.15) is 0 Å². The van der Waals surface area contributed by atoms with Gasteiger partial charge in [-0.25, -0.2) is 0 Å². The first-order valence-corrected chi connectivity index (χ1v) is 7.43. The maximum absolute atomic E-state index is 12.2. The number of amides is 1. The van der Waals surface area contributed by atoms with Crippen LogP contribution in [-0.4, -0.2) is 35.4 Å². The summed E-state index contributed by atoms with van der Waals surface area (Å²) in [6, 6.07) is 3.70. The Morgan fingerprint density at radius 1 is 1.30 bits per heavy atom. The summed E-state index contributed by atoms with van der Waals surface area (Å²) in [6.45, 7) is 3.58. The number of aromatic nitrogens is 1. The fraction of sp³-hybridized carbons (Fsp3) is 0.500. The fourth-order valence-corrected chi connectivity index (χ4v) is 4.23. The van der Waals surface area contributed by atoms with Gasteiger partial charge in [0.05, 0.1) is 11.9 Å². The molecule has 0 radical (unpaired) electrons. The number of rotatable bonds is 2. The molecule has 4 nitrogen and oxygen atoms in total. The van der Waals surface area contributed by atoms with Gasteiger partial charge in [-0.1, -0.05) is 5.57 Å². The number of piperidine rings is 3. The standard InChI is InChI=1S/C16H19N3O/c20-16(18-14-2-1-3-17-7-14)6-15-12-4-11-5-13(15)10-19(8-11)9-12/h1-3,6-7,11-13H,4-5,8-10H2,(H,18,20). The van der Waals surface area contributed by atoms with Crippen LogP contribution in [0.15, 0.2) is 36.2 Å². The number of nitrogens with zero attached hydrogens (tertiary/aromatic N) is 2. The Labute approximate surface area is 118 Å². The number of carbonyl (C=O) groups excluding carboxylic acids is 1. The highest BCUT2D eigenvalue weighted by atomic mass is 16.1. The van der Waals surface area contributed by atoms with E-state index in [9.17, 15) is 4.79 Å². The molecule has 1 N–H and O–H groups in total. The molecule has 4 aliphatic rings. The van der Waals surface area contributed by atoms with E-state index in [4.69, 9.17) is 0 Å². The zero-order valence-electron chi connectivity index (χ0n) is 11.5. The van der Waals surface area contributed by atoms with Crippen LogP contribution in [-0.2, 0) is 4.79 Å². The minimum Gasteiger partial charge on any atom is -0.321 e. The van der Waals surface area contributed by atoms with Crippen molar-refractivity contribution in [3.63, 3.8) is 0 Å². The first-order valence-electron chi connectivity index (χ1n) is 7.43. The predicted octanol–water partition coefficient (Wildman–Crippen LogP) is 1.92. The van der Waals surface area contributed by atoms with Crippen molar-refractivity contribution in [1.82, 2.24) is 9.88 Å². The molecule has 3 saturated heterocycles. The van der Waals surface area contributed by atoms with Gasteiger partial charge in [0.2, 0.25) is 5.91 Å². The normalized spacial score (nSPS) is 34.1. The van der Waals surface area contributed by atoms with Gasteiger partial charge < -0.3 is 10.2 Å². The van der Waals surface area contributed by atoms with E-state index in [2.05, 4.69) is 15.2 Å². The summed E-state index contributed by atoms with van der Waals surface area (Å²) in [5.41, 5.74) is 2.15. The first-order chi connectivity index (χ1) is 9.78. The molecule has 104 valence electrons. The van der Waals surface area contributed by atoms with Crippen LogP contribution < -0.4 is 5.32 Å². The molecule has 1 aromatic rings. The van der Waals surface area contributed by atoms with E-state index in [1.54, 1.807) is 12.4 Å². The van der Waals surface area contributed by atoms with E-state index in [0.29, 0.717) is 11.8 Å². The van der Waals surface area contributed by atoms with Crippen molar-refractivity contribution in [2.45, 2.75) is 12.8 Å². The molecule has 4 bridgehead atoms. The van der Waals surface area contributed by atoms with Crippen molar-refractivity contribution in [2.24, 2.45) is 17.8 Å². The van der Waals surface area contributed by atoms with Gasteiger partial charge in [-0.05, 0) is 42.7 Å². The Morgan fingerprint density at radius 2 is 2.10 bits per heavy atom. The lowest BCUT2D eigenvalue weighted by molar-refractivity contribution is -0.112. The highest BCUT2D eigenvalue weighted by molar-refractivity contribution is 5.99. The molecule has 1 saturated carbocycles. The number of nitrogens with one attached hydrogen (secondary N) is 1. The minimum absolute atomic E-state index is 0.00419. The predicted molar refractivity (Wildman–Crippen MR) is 77.1 cm³/mol. The average molecular weight is 269 g/mol. The third-order valence-corrected chi connectivity index (χ3v) is 4.88. The molecule has 4 heteroatoms. The molecule has 5 rings (SSSR count). The summed E-state index contributed by atoms with van der Waals surface area (Å²) in [7, 11) is 0. The highest BCUT2D eigenvalue weighted by Gasteiger charge is 2.44. The summed E-state index contributed by atoms with van der Waals surface area (Å²) in [5.74, 6) is 2.09. The second-order valence-corrected chi connectivity index (χ2v) is 6.33. The SMILES string of the molecule is O=C(C=C1C2CC3CC1CN(C3)C2)Nc1cccnc1. The van der Waals surface area contributed by atoms with Crippen molar-refractivity contribution >= 4 is 11.6 Å². The molecular weight excluding hydrogens is 250 g/mol. The molecule has 20 heavy (non-hydrogen) atoms. The smallest absolute Gasteiger partial charge is 0.248 e. The second kappa shape index (κ2) is 4.70. The molecule has 0 aromatic carbocycles. The molecule has 1 aliphatic carbocycles. The molecule has 0 spiro atoms. The van der Waals surface area contributed by atoms with Crippen LogP contribution in [0.5, 0.6) is 0 Å². The summed E-state index contributed by atoms with van der Waals surface area (Å²) < 4.78 is 0. The van der Waals surface area contributed by atoms with E-state index in [1.807, 2.05) is 18.2 Å². The molecule has 4 fully saturated rings. The van der Waals surface area contributed by atoms with Gasteiger partial charge in [-0.3, -0.25) is 9.78 Å².